The minimum Gasteiger partial charge on any atom is -0.486 e. The summed E-state index contributed by atoms with van der Waals surface area (Å²) >= 11 is 0. The highest BCUT2D eigenvalue weighted by atomic mass is 16.5. The van der Waals surface area contributed by atoms with E-state index in [1.165, 1.54) is 0 Å². The molecule has 1 aromatic heterocycles. The lowest BCUT2D eigenvalue weighted by Crippen LogP contribution is -2.55. The number of rotatable bonds is 7. The zero-order valence-electron chi connectivity index (χ0n) is 19.0. The molecule has 0 amide bonds. The summed E-state index contributed by atoms with van der Waals surface area (Å²) in [5.41, 5.74) is 3.58. The van der Waals surface area contributed by atoms with Crippen molar-refractivity contribution in [2.45, 2.75) is 43.5 Å². The molecule has 0 spiro atoms. The van der Waals surface area contributed by atoms with Crippen LogP contribution in [0.5, 0.6) is 5.75 Å². The first kappa shape index (κ1) is 23.5. The molecule has 1 aliphatic heterocycles. The van der Waals surface area contributed by atoms with Crippen molar-refractivity contribution in [3.8, 4) is 5.75 Å². The van der Waals surface area contributed by atoms with Gasteiger partial charge in [-0.3, -0.25) is 0 Å². The van der Waals surface area contributed by atoms with E-state index in [1.54, 1.807) is 6.07 Å². The van der Waals surface area contributed by atoms with Crippen LogP contribution in [0, 0.1) is 0 Å². The first-order valence-electron chi connectivity index (χ1n) is 11.6. The lowest BCUT2D eigenvalue weighted by molar-refractivity contribution is -0.231. The number of para-hydroxylation sites is 1. The number of fused-ring (bicyclic) bond motifs is 1. The van der Waals surface area contributed by atoms with Crippen LogP contribution < -0.4 is 4.74 Å². The van der Waals surface area contributed by atoms with Gasteiger partial charge in [0.25, 0.3) is 0 Å². The Kier molecular flexibility index (Phi) is 6.86. The average molecular weight is 477 g/mol. The second-order valence-electron chi connectivity index (χ2n) is 8.85. The Morgan fingerprint density at radius 2 is 1.57 bits per heavy atom. The van der Waals surface area contributed by atoms with Gasteiger partial charge in [-0.05, 0) is 47.4 Å². The first-order chi connectivity index (χ1) is 17.0. The fraction of sp³-hybridized carbons (Fsp3) is 0.286. The van der Waals surface area contributed by atoms with E-state index in [-0.39, 0.29) is 0 Å². The molecule has 35 heavy (non-hydrogen) atoms. The van der Waals surface area contributed by atoms with E-state index in [0.717, 1.165) is 33.6 Å². The maximum atomic E-state index is 10.4. The van der Waals surface area contributed by atoms with Gasteiger partial charge in [0.2, 0.25) is 0 Å². The van der Waals surface area contributed by atoms with Crippen LogP contribution in [-0.4, -0.2) is 51.4 Å². The minimum absolute atomic E-state index is 0.342. The van der Waals surface area contributed by atoms with Crippen molar-refractivity contribution in [3.63, 3.8) is 0 Å². The van der Waals surface area contributed by atoms with Gasteiger partial charge in [0, 0.05) is 5.39 Å². The van der Waals surface area contributed by atoms with Gasteiger partial charge in [0.15, 0.2) is 0 Å². The van der Waals surface area contributed by atoms with Crippen LogP contribution in [0.3, 0.4) is 0 Å². The largest absolute Gasteiger partial charge is 0.486 e. The van der Waals surface area contributed by atoms with Crippen LogP contribution >= 0.6 is 0 Å². The summed E-state index contributed by atoms with van der Waals surface area (Å²) in [6, 6.07) is 25.2. The lowest BCUT2D eigenvalue weighted by atomic mass is 9.90. The van der Waals surface area contributed by atoms with E-state index in [2.05, 4.69) is 0 Å². The molecular weight excluding hydrogens is 448 g/mol. The summed E-state index contributed by atoms with van der Waals surface area (Å²) in [5.74, 6) is 1.50. The van der Waals surface area contributed by atoms with Crippen LogP contribution in [-0.2, 0) is 17.8 Å². The molecule has 182 valence electrons. The SMILES string of the molecule is OC[C@H]1O[C@@H](c2cccc(Cc3ccc(OCc4cc5ccccc5o4)cc3)c2)[C@H](O)[C@@H](O)[C@@H]1O. The van der Waals surface area contributed by atoms with E-state index in [4.69, 9.17) is 13.9 Å². The number of hydrogen-bond donors (Lipinski definition) is 4. The van der Waals surface area contributed by atoms with Crippen molar-refractivity contribution in [2.24, 2.45) is 0 Å². The minimum atomic E-state index is -1.40. The molecule has 7 heteroatoms. The molecule has 3 aromatic carbocycles. The molecular formula is C28H28O7. The smallest absolute Gasteiger partial charge is 0.146 e. The van der Waals surface area contributed by atoms with Crippen molar-refractivity contribution in [2.75, 3.05) is 6.61 Å². The van der Waals surface area contributed by atoms with Gasteiger partial charge >= 0.3 is 0 Å². The Balaban J connectivity index is 1.23. The fourth-order valence-corrected chi connectivity index (χ4v) is 4.46. The molecule has 4 aromatic rings. The Morgan fingerprint density at radius 1 is 0.771 bits per heavy atom. The third-order valence-corrected chi connectivity index (χ3v) is 6.36. The molecule has 5 atom stereocenters. The Labute approximate surface area is 202 Å². The van der Waals surface area contributed by atoms with Gasteiger partial charge in [-0.25, -0.2) is 0 Å². The molecule has 7 nitrogen and oxygen atoms in total. The Bertz CT molecular complexity index is 1230. The predicted molar refractivity (Wildman–Crippen MR) is 129 cm³/mol. The number of furan rings is 1. The summed E-state index contributed by atoms with van der Waals surface area (Å²) in [4.78, 5) is 0. The third-order valence-electron chi connectivity index (χ3n) is 6.36. The highest BCUT2D eigenvalue weighted by molar-refractivity contribution is 5.77. The maximum absolute atomic E-state index is 10.4. The van der Waals surface area contributed by atoms with Crippen LogP contribution in [0.4, 0.5) is 0 Å². The van der Waals surface area contributed by atoms with E-state index in [0.29, 0.717) is 18.6 Å². The molecule has 2 heterocycles. The van der Waals surface area contributed by atoms with Crippen molar-refractivity contribution in [1.29, 1.82) is 0 Å². The van der Waals surface area contributed by atoms with Gasteiger partial charge in [-0.2, -0.15) is 0 Å². The fourth-order valence-electron chi connectivity index (χ4n) is 4.46. The molecule has 5 rings (SSSR count). The van der Waals surface area contributed by atoms with E-state index < -0.39 is 37.1 Å². The topological polar surface area (TPSA) is 113 Å². The number of ether oxygens (including phenoxy) is 2. The quantitative estimate of drug-likeness (QED) is 0.324. The zero-order chi connectivity index (χ0) is 24.4. The standard InChI is InChI=1S/C28H28O7/c29-15-24-25(30)26(31)27(32)28(35-24)20-6-3-4-18(13-20)12-17-8-10-21(11-9-17)33-16-22-14-19-5-1-2-7-23(19)34-22/h1-11,13-14,24-32H,12,15-16H2/t24-,25-,26+,27-,28+/m1/s1. The van der Waals surface area contributed by atoms with Gasteiger partial charge < -0.3 is 34.3 Å². The second kappa shape index (κ2) is 10.2. The van der Waals surface area contributed by atoms with Crippen molar-refractivity contribution >= 4 is 11.0 Å². The summed E-state index contributed by atoms with van der Waals surface area (Å²) < 4.78 is 17.4. The van der Waals surface area contributed by atoms with E-state index in [1.807, 2.05) is 72.8 Å². The molecule has 0 unspecified atom stereocenters. The van der Waals surface area contributed by atoms with E-state index >= 15 is 0 Å². The summed E-state index contributed by atoms with van der Waals surface area (Å²) in [5, 5.41) is 41.0. The van der Waals surface area contributed by atoms with Gasteiger partial charge in [0.05, 0.1) is 6.61 Å². The monoisotopic (exact) mass is 476 g/mol. The van der Waals surface area contributed by atoms with Gasteiger partial charge in [0.1, 0.15) is 54.2 Å². The van der Waals surface area contributed by atoms with Gasteiger partial charge in [-0.15, -0.1) is 0 Å². The van der Waals surface area contributed by atoms with Crippen LogP contribution in [0.15, 0.2) is 83.3 Å². The predicted octanol–water partition coefficient (Wildman–Crippen LogP) is 3.12. The molecule has 1 saturated heterocycles. The van der Waals surface area contributed by atoms with Crippen LogP contribution in [0.2, 0.25) is 0 Å². The number of hydrogen-bond acceptors (Lipinski definition) is 7. The van der Waals surface area contributed by atoms with Crippen molar-refractivity contribution in [3.05, 3.63) is 101 Å². The van der Waals surface area contributed by atoms with E-state index in [9.17, 15) is 20.4 Å². The number of benzene rings is 3. The summed E-state index contributed by atoms with van der Waals surface area (Å²) in [6.07, 6.45) is -5.21. The highest BCUT2D eigenvalue weighted by Gasteiger charge is 2.43. The summed E-state index contributed by atoms with van der Waals surface area (Å²) in [6.45, 7) is -0.110. The molecule has 1 fully saturated rings. The third kappa shape index (κ3) is 5.10. The summed E-state index contributed by atoms with van der Waals surface area (Å²) in [7, 11) is 0. The Morgan fingerprint density at radius 3 is 2.34 bits per heavy atom. The molecule has 0 aliphatic carbocycles. The molecule has 4 N–H and O–H groups in total. The van der Waals surface area contributed by atoms with Crippen LogP contribution in [0.25, 0.3) is 11.0 Å². The van der Waals surface area contributed by atoms with Gasteiger partial charge in [-0.1, -0.05) is 54.6 Å². The van der Waals surface area contributed by atoms with Crippen molar-refractivity contribution in [1.82, 2.24) is 0 Å². The molecule has 0 bridgehead atoms. The Hall–Kier alpha value is -3.20. The molecule has 0 radical (unpaired) electrons. The first-order valence-corrected chi connectivity index (χ1v) is 11.6. The molecule has 0 saturated carbocycles. The normalized spacial score (nSPS) is 24.5. The zero-order valence-corrected chi connectivity index (χ0v) is 19.0. The number of aliphatic hydroxyl groups is 4. The average Bonchev–Trinajstić information content (AvgIpc) is 3.30. The maximum Gasteiger partial charge on any atom is 0.146 e. The number of aliphatic hydroxyl groups excluding tert-OH is 4. The second-order valence-corrected chi connectivity index (χ2v) is 8.85. The highest BCUT2D eigenvalue weighted by Crippen LogP contribution is 2.33. The molecule has 1 aliphatic rings. The van der Waals surface area contributed by atoms with Crippen LogP contribution in [0.1, 0.15) is 28.6 Å². The lowest BCUT2D eigenvalue weighted by Gasteiger charge is -2.40. The van der Waals surface area contributed by atoms with Crippen molar-refractivity contribution < 1.29 is 34.3 Å².